The summed E-state index contributed by atoms with van der Waals surface area (Å²) in [5.41, 5.74) is 0.877. The maximum Gasteiger partial charge on any atom is 0.224 e. The number of anilines is 2. The molecule has 1 heterocycles. The predicted molar refractivity (Wildman–Crippen MR) is 111 cm³/mol. The maximum atomic E-state index is 13.6. The Labute approximate surface area is 175 Å². The lowest BCUT2D eigenvalue weighted by Gasteiger charge is -2.24. The molecular weight excluding hydrogens is 412 g/mol. The molecule has 0 atom stereocenters. The Morgan fingerprint density at radius 3 is 2.53 bits per heavy atom. The van der Waals surface area contributed by atoms with Crippen LogP contribution in [0.3, 0.4) is 0 Å². The molecule has 1 saturated heterocycles. The maximum absolute atomic E-state index is 13.6. The van der Waals surface area contributed by atoms with Gasteiger partial charge in [0.05, 0.1) is 15.5 Å². The average molecular weight is 438 g/mol. The van der Waals surface area contributed by atoms with Crippen LogP contribution in [0.4, 0.5) is 20.2 Å². The van der Waals surface area contributed by atoms with Gasteiger partial charge in [0.15, 0.2) is 0 Å². The van der Waals surface area contributed by atoms with Gasteiger partial charge in [-0.25, -0.2) is 17.2 Å². The molecule has 1 aliphatic rings. The van der Waals surface area contributed by atoms with Gasteiger partial charge in [0.1, 0.15) is 11.6 Å². The lowest BCUT2D eigenvalue weighted by Crippen LogP contribution is -2.28. The first-order valence-electron chi connectivity index (χ1n) is 9.92. The van der Waals surface area contributed by atoms with E-state index >= 15 is 0 Å². The molecule has 162 valence electrons. The van der Waals surface area contributed by atoms with E-state index in [9.17, 15) is 22.0 Å². The fourth-order valence-corrected chi connectivity index (χ4v) is 4.84. The van der Waals surface area contributed by atoms with E-state index in [-0.39, 0.29) is 22.9 Å². The molecule has 0 aliphatic carbocycles. The molecule has 0 saturated carbocycles. The van der Waals surface area contributed by atoms with Gasteiger partial charge in [-0.15, -0.1) is 0 Å². The fraction of sp³-hybridized carbons (Fsp3) is 0.381. The van der Waals surface area contributed by atoms with Crippen LogP contribution in [0, 0.1) is 11.6 Å². The SMILES string of the molecule is CCCC(=O)Nc1cc(N2CCCNCC2)ccc1S(=O)(=O)c1cc(F)cc(F)c1. The van der Waals surface area contributed by atoms with E-state index in [1.807, 2.05) is 6.92 Å². The zero-order chi connectivity index (χ0) is 21.7. The van der Waals surface area contributed by atoms with Gasteiger partial charge in [-0.05, 0) is 49.7 Å². The zero-order valence-electron chi connectivity index (χ0n) is 16.7. The van der Waals surface area contributed by atoms with Crippen molar-refractivity contribution in [3.05, 3.63) is 48.0 Å². The van der Waals surface area contributed by atoms with Gasteiger partial charge in [0, 0.05) is 37.8 Å². The number of carbonyl (C=O) groups excluding carboxylic acids is 1. The highest BCUT2D eigenvalue weighted by molar-refractivity contribution is 7.91. The topological polar surface area (TPSA) is 78.5 Å². The lowest BCUT2D eigenvalue weighted by atomic mass is 10.2. The summed E-state index contributed by atoms with van der Waals surface area (Å²) in [5.74, 6) is -2.30. The number of nitrogens with zero attached hydrogens (tertiary/aromatic N) is 1. The monoisotopic (exact) mass is 437 g/mol. The largest absolute Gasteiger partial charge is 0.370 e. The molecule has 2 N–H and O–H groups in total. The lowest BCUT2D eigenvalue weighted by molar-refractivity contribution is -0.116. The van der Waals surface area contributed by atoms with Gasteiger partial charge in [-0.2, -0.15) is 0 Å². The Balaban J connectivity index is 2.06. The molecule has 30 heavy (non-hydrogen) atoms. The summed E-state index contributed by atoms with van der Waals surface area (Å²) in [5, 5.41) is 5.96. The van der Waals surface area contributed by atoms with E-state index in [0.29, 0.717) is 12.5 Å². The van der Waals surface area contributed by atoms with Crippen molar-refractivity contribution in [1.82, 2.24) is 5.32 Å². The molecular formula is C21H25F2N3O3S. The van der Waals surface area contributed by atoms with Gasteiger partial charge in [0.2, 0.25) is 15.7 Å². The molecule has 6 nitrogen and oxygen atoms in total. The third-order valence-electron chi connectivity index (χ3n) is 4.86. The summed E-state index contributed by atoms with van der Waals surface area (Å²) >= 11 is 0. The van der Waals surface area contributed by atoms with Crippen molar-refractivity contribution in [3.8, 4) is 0 Å². The predicted octanol–water partition coefficient (Wildman–Crippen LogP) is 3.34. The second-order valence-corrected chi connectivity index (χ2v) is 9.10. The number of rotatable bonds is 6. The Morgan fingerprint density at radius 2 is 1.83 bits per heavy atom. The fourth-order valence-electron chi connectivity index (χ4n) is 3.40. The molecule has 9 heteroatoms. The zero-order valence-corrected chi connectivity index (χ0v) is 17.6. The van der Waals surface area contributed by atoms with Crippen molar-refractivity contribution in [2.75, 3.05) is 36.4 Å². The molecule has 2 aromatic rings. The van der Waals surface area contributed by atoms with E-state index in [0.717, 1.165) is 50.4 Å². The molecule has 0 spiro atoms. The van der Waals surface area contributed by atoms with Crippen LogP contribution < -0.4 is 15.5 Å². The van der Waals surface area contributed by atoms with Crippen LogP contribution in [0.1, 0.15) is 26.2 Å². The summed E-state index contributed by atoms with van der Waals surface area (Å²) in [6.45, 7) is 5.06. The van der Waals surface area contributed by atoms with Gasteiger partial charge >= 0.3 is 0 Å². The molecule has 2 aromatic carbocycles. The van der Waals surface area contributed by atoms with E-state index in [2.05, 4.69) is 15.5 Å². The molecule has 1 fully saturated rings. The smallest absolute Gasteiger partial charge is 0.224 e. The van der Waals surface area contributed by atoms with Crippen molar-refractivity contribution >= 4 is 27.1 Å². The Bertz CT molecular complexity index is 1000. The Hall–Kier alpha value is -2.52. The normalized spacial score (nSPS) is 15.0. The second-order valence-electron chi connectivity index (χ2n) is 7.18. The van der Waals surface area contributed by atoms with Crippen LogP contribution in [0.25, 0.3) is 0 Å². The van der Waals surface area contributed by atoms with E-state index in [1.165, 1.54) is 6.07 Å². The van der Waals surface area contributed by atoms with Gasteiger partial charge in [0.25, 0.3) is 0 Å². The molecule has 0 bridgehead atoms. The quantitative estimate of drug-likeness (QED) is 0.725. The summed E-state index contributed by atoms with van der Waals surface area (Å²) in [6, 6.07) is 6.80. The van der Waals surface area contributed by atoms with Gasteiger partial charge < -0.3 is 15.5 Å². The minimum Gasteiger partial charge on any atom is -0.370 e. The standard InChI is InChI=1S/C21H25F2N3O3S/c1-2-4-21(27)25-19-14-17(26-9-3-7-24-8-10-26)5-6-20(19)30(28,29)18-12-15(22)11-16(23)13-18/h5-6,11-14,24H,2-4,7-10H2,1H3,(H,25,27). The van der Waals surface area contributed by atoms with Crippen molar-refractivity contribution in [2.24, 2.45) is 0 Å². The summed E-state index contributed by atoms with van der Waals surface area (Å²) < 4.78 is 53.6. The first-order valence-corrected chi connectivity index (χ1v) is 11.4. The number of benzene rings is 2. The van der Waals surface area contributed by atoms with Gasteiger partial charge in [-0.1, -0.05) is 6.92 Å². The number of amides is 1. The van der Waals surface area contributed by atoms with Crippen LogP contribution >= 0.6 is 0 Å². The number of sulfone groups is 1. The summed E-state index contributed by atoms with van der Waals surface area (Å²) in [4.78, 5) is 13.6. The van der Waals surface area contributed by atoms with Crippen LogP contribution in [0.15, 0.2) is 46.2 Å². The first kappa shape index (κ1) is 22.2. The van der Waals surface area contributed by atoms with E-state index in [1.54, 1.807) is 12.1 Å². The van der Waals surface area contributed by atoms with E-state index in [4.69, 9.17) is 0 Å². The molecule has 0 aromatic heterocycles. The molecule has 1 amide bonds. The summed E-state index contributed by atoms with van der Waals surface area (Å²) in [7, 11) is -4.26. The highest BCUT2D eigenvalue weighted by atomic mass is 32.2. The Kier molecular flexibility index (Phi) is 7.04. The summed E-state index contributed by atoms with van der Waals surface area (Å²) in [6.07, 6.45) is 1.76. The number of hydrogen-bond donors (Lipinski definition) is 2. The van der Waals surface area contributed by atoms with Crippen molar-refractivity contribution < 1.29 is 22.0 Å². The van der Waals surface area contributed by atoms with Gasteiger partial charge in [-0.3, -0.25) is 4.79 Å². The molecule has 0 radical (unpaired) electrons. The third-order valence-corrected chi connectivity index (χ3v) is 6.65. The van der Waals surface area contributed by atoms with Crippen LogP contribution in [-0.4, -0.2) is 40.5 Å². The average Bonchev–Trinajstić information content (AvgIpc) is 2.96. The number of nitrogens with one attached hydrogen (secondary N) is 2. The van der Waals surface area contributed by atoms with Crippen molar-refractivity contribution in [1.29, 1.82) is 0 Å². The van der Waals surface area contributed by atoms with Crippen molar-refractivity contribution in [3.63, 3.8) is 0 Å². The molecule has 1 aliphatic heterocycles. The number of halogens is 2. The third kappa shape index (κ3) is 5.14. The van der Waals surface area contributed by atoms with Crippen LogP contribution in [-0.2, 0) is 14.6 Å². The number of hydrogen-bond acceptors (Lipinski definition) is 5. The van der Waals surface area contributed by atoms with Crippen molar-refractivity contribution in [2.45, 2.75) is 36.0 Å². The minimum atomic E-state index is -4.26. The molecule has 3 rings (SSSR count). The first-order chi connectivity index (χ1) is 14.3. The second kappa shape index (κ2) is 9.53. The minimum absolute atomic E-state index is 0.104. The van der Waals surface area contributed by atoms with E-state index < -0.39 is 26.4 Å². The number of carbonyl (C=O) groups is 1. The highest BCUT2D eigenvalue weighted by Gasteiger charge is 2.25. The van der Waals surface area contributed by atoms with Crippen LogP contribution in [0.5, 0.6) is 0 Å². The van der Waals surface area contributed by atoms with Crippen LogP contribution in [0.2, 0.25) is 0 Å². The molecule has 0 unspecified atom stereocenters. The Morgan fingerprint density at radius 1 is 1.10 bits per heavy atom. The highest BCUT2D eigenvalue weighted by Crippen LogP contribution is 2.32.